The lowest BCUT2D eigenvalue weighted by Gasteiger charge is -2.59. The van der Waals surface area contributed by atoms with Gasteiger partial charge in [-0.05, 0) is 53.9 Å². The maximum Gasteiger partial charge on any atom is 0.159 e. The molecule has 22 heavy (non-hydrogen) atoms. The Morgan fingerprint density at radius 2 is 1.95 bits per heavy atom. The second-order valence-electron chi connectivity index (χ2n) is 9.14. The van der Waals surface area contributed by atoms with Crippen molar-refractivity contribution < 1.29 is 9.90 Å². The zero-order valence-electron chi connectivity index (χ0n) is 14.5. The molecule has 0 aliphatic heterocycles. The molecule has 122 valence electrons. The Hall–Kier alpha value is -0.890. The molecule has 0 saturated heterocycles. The first-order chi connectivity index (χ1) is 10.1. The molecule has 0 aromatic rings. The summed E-state index contributed by atoms with van der Waals surface area (Å²) >= 11 is 0. The molecule has 0 aromatic heterocycles. The van der Waals surface area contributed by atoms with E-state index in [1.54, 1.807) is 0 Å². The number of carbonyl (C=O) groups is 1. The van der Waals surface area contributed by atoms with E-state index in [9.17, 15) is 9.90 Å². The first-order valence-corrected chi connectivity index (χ1v) is 8.69. The third-order valence-electron chi connectivity index (χ3n) is 6.98. The molecule has 2 nitrogen and oxygen atoms in total. The van der Waals surface area contributed by atoms with Crippen molar-refractivity contribution in [3.63, 3.8) is 0 Å². The van der Waals surface area contributed by atoms with Gasteiger partial charge in [-0.2, -0.15) is 0 Å². The number of Topliss-reactive ketones (excluding diaryl/α,β-unsaturated/α-hetero) is 1. The molecule has 1 N–H and O–H groups in total. The van der Waals surface area contributed by atoms with E-state index in [0.29, 0.717) is 24.0 Å². The van der Waals surface area contributed by atoms with Crippen LogP contribution in [0.25, 0.3) is 0 Å². The summed E-state index contributed by atoms with van der Waals surface area (Å²) in [6, 6.07) is 0. The number of allylic oxidation sites excluding steroid dienone is 3. The Bertz CT molecular complexity index is 544. The lowest BCUT2D eigenvalue weighted by Crippen LogP contribution is -2.56. The minimum absolute atomic E-state index is 0.0345. The molecule has 3 aliphatic carbocycles. The minimum atomic E-state index is -0.238. The van der Waals surface area contributed by atoms with E-state index in [0.717, 1.165) is 31.3 Å². The van der Waals surface area contributed by atoms with Crippen molar-refractivity contribution >= 4 is 5.78 Å². The molecule has 2 saturated carbocycles. The van der Waals surface area contributed by atoms with Crippen molar-refractivity contribution in [3.8, 4) is 0 Å². The van der Waals surface area contributed by atoms with Crippen molar-refractivity contribution in [2.75, 3.05) is 0 Å². The summed E-state index contributed by atoms with van der Waals surface area (Å²) in [4.78, 5) is 12.8. The maximum absolute atomic E-state index is 12.8. The molecule has 0 amide bonds. The Morgan fingerprint density at radius 3 is 2.59 bits per heavy atom. The van der Waals surface area contributed by atoms with Crippen LogP contribution in [0.4, 0.5) is 0 Å². The van der Waals surface area contributed by atoms with Crippen molar-refractivity contribution in [2.45, 2.75) is 65.9 Å². The summed E-state index contributed by atoms with van der Waals surface area (Å²) in [6.07, 6.45) is 8.32. The molecule has 3 rings (SSSR count). The third-order valence-corrected chi connectivity index (χ3v) is 6.98. The first-order valence-electron chi connectivity index (χ1n) is 8.69. The molecule has 3 aliphatic rings. The van der Waals surface area contributed by atoms with Gasteiger partial charge in [0.05, 0.1) is 6.10 Å². The summed E-state index contributed by atoms with van der Waals surface area (Å²) in [7, 11) is 0. The Kier molecular flexibility index (Phi) is 3.49. The number of aliphatic hydroxyl groups excluding tert-OH is 1. The molecule has 0 unspecified atom stereocenters. The number of rotatable bonds is 1. The number of ketones is 1. The third kappa shape index (κ3) is 2.22. The fourth-order valence-electron chi connectivity index (χ4n) is 5.82. The highest BCUT2D eigenvalue weighted by atomic mass is 16.3. The lowest BCUT2D eigenvalue weighted by molar-refractivity contribution is -0.140. The molecule has 2 fully saturated rings. The van der Waals surface area contributed by atoms with Gasteiger partial charge in [0.25, 0.3) is 0 Å². The van der Waals surface area contributed by atoms with Crippen LogP contribution in [0.3, 0.4) is 0 Å². The molecule has 5 atom stereocenters. The van der Waals surface area contributed by atoms with E-state index in [1.807, 2.05) is 6.08 Å². The van der Waals surface area contributed by atoms with Crippen LogP contribution in [0.15, 0.2) is 24.3 Å². The fraction of sp³-hybridized carbons (Fsp3) is 0.750. The van der Waals surface area contributed by atoms with Gasteiger partial charge in [0, 0.05) is 11.8 Å². The van der Waals surface area contributed by atoms with Crippen LogP contribution < -0.4 is 0 Å². The zero-order chi connectivity index (χ0) is 16.3. The van der Waals surface area contributed by atoms with Crippen molar-refractivity contribution in [1.82, 2.24) is 0 Å². The van der Waals surface area contributed by atoms with Gasteiger partial charge in [0.2, 0.25) is 0 Å². The summed E-state index contributed by atoms with van der Waals surface area (Å²) in [6.45, 7) is 12.9. The van der Waals surface area contributed by atoms with Crippen LogP contribution >= 0.6 is 0 Å². The van der Waals surface area contributed by atoms with E-state index in [1.165, 1.54) is 0 Å². The quantitative estimate of drug-likeness (QED) is 0.734. The van der Waals surface area contributed by atoms with Crippen LogP contribution in [0.2, 0.25) is 0 Å². The van der Waals surface area contributed by atoms with Crippen LogP contribution in [-0.4, -0.2) is 17.0 Å². The predicted molar refractivity (Wildman–Crippen MR) is 89.4 cm³/mol. The Labute approximate surface area is 134 Å². The summed E-state index contributed by atoms with van der Waals surface area (Å²) in [5.74, 6) is 1.02. The van der Waals surface area contributed by atoms with Gasteiger partial charge >= 0.3 is 0 Å². The average Bonchev–Trinajstić information content (AvgIpc) is 2.40. The van der Waals surface area contributed by atoms with Crippen molar-refractivity contribution in [1.29, 1.82) is 0 Å². The smallest absolute Gasteiger partial charge is 0.159 e. The van der Waals surface area contributed by atoms with Gasteiger partial charge in [0.1, 0.15) is 0 Å². The van der Waals surface area contributed by atoms with Crippen LogP contribution in [0, 0.1) is 28.1 Å². The molecule has 0 aromatic carbocycles. The first kappa shape index (κ1) is 16.0. The Morgan fingerprint density at radius 1 is 1.27 bits per heavy atom. The second kappa shape index (κ2) is 4.80. The number of aliphatic hydroxyl groups is 1. The average molecular weight is 302 g/mol. The molecule has 0 radical (unpaired) electrons. The Balaban J connectivity index is 2.06. The molecular formula is C20H30O2. The van der Waals surface area contributed by atoms with Crippen molar-refractivity contribution in [3.05, 3.63) is 24.3 Å². The van der Waals surface area contributed by atoms with Gasteiger partial charge < -0.3 is 5.11 Å². The number of fused-ring (bicyclic) bond motifs is 3. The number of carbonyl (C=O) groups excluding carboxylic acids is 1. The lowest BCUT2D eigenvalue weighted by atomic mass is 9.45. The summed E-state index contributed by atoms with van der Waals surface area (Å²) < 4.78 is 0. The van der Waals surface area contributed by atoms with E-state index in [-0.39, 0.29) is 22.3 Å². The molecular weight excluding hydrogens is 272 g/mol. The molecule has 0 spiro atoms. The van der Waals surface area contributed by atoms with Gasteiger partial charge in [-0.25, -0.2) is 0 Å². The van der Waals surface area contributed by atoms with Gasteiger partial charge in [-0.1, -0.05) is 39.8 Å². The number of hydrogen-bond donors (Lipinski definition) is 1. The highest BCUT2D eigenvalue weighted by Crippen LogP contribution is 2.62. The predicted octanol–water partition coefficient (Wildman–Crippen LogP) is 4.29. The normalized spacial score (nSPS) is 47.2. The fourth-order valence-corrected chi connectivity index (χ4v) is 5.82. The van der Waals surface area contributed by atoms with Crippen LogP contribution in [0.5, 0.6) is 0 Å². The molecule has 2 heteroatoms. The van der Waals surface area contributed by atoms with E-state index < -0.39 is 0 Å². The number of hydrogen-bond acceptors (Lipinski definition) is 2. The highest BCUT2D eigenvalue weighted by molar-refractivity contribution is 5.97. The van der Waals surface area contributed by atoms with Gasteiger partial charge in [-0.3, -0.25) is 4.79 Å². The van der Waals surface area contributed by atoms with Crippen molar-refractivity contribution in [2.24, 2.45) is 28.1 Å². The van der Waals surface area contributed by atoms with Gasteiger partial charge in [0.15, 0.2) is 5.78 Å². The van der Waals surface area contributed by atoms with Crippen LogP contribution in [-0.2, 0) is 4.79 Å². The second-order valence-corrected chi connectivity index (χ2v) is 9.14. The SMILES string of the molecule is C=C[C@]1(C)C=C2C(=O)C[C@H]3C(C)(C)C[C@H](O)C[C@]3(C)[C@H]2CC1. The standard InChI is InChI=1S/C20H30O2/c1-6-19(4)8-7-15-14(12-19)16(22)9-17-18(2,3)10-13(21)11-20(15,17)5/h6,12-13,15,17,21H,1,7-11H2,2-5H3/t13-,15-,17-,19-,20+/m0/s1. The topological polar surface area (TPSA) is 37.3 Å². The molecule has 0 heterocycles. The highest BCUT2D eigenvalue weighted by Gasteiger charge is 2.58. The summed E-state index contributed by atoms with van der Waals surface area (Å²) in [5, 5.41) is 10.4. The van der Waals surface area contributed by atoms with E-state index >= 15 is 0 Å². The minimum Gasteiger partial charge on any atom is -0.393 e. The van der Waals surface area contributed by atoms with E-state index in [4.69, 9.17) is 0 Å². The molecule has 0 bridgehead atoms. The maximum atomic E-state index is 12.8. The monoisotopic (exact) mass is 302 g/mol. The van der Waals surface area contributed by atoms with E-state index in [2.05, 4.69) is 40.3 Å². The summed E-state index contributed by atoms with van der Waals surface area (Å²) in [5.41, 5.74) is 1.06. The zero-order valence-corrected chi connectivity index (χ0v) is 14.5. The van der Waals surface area contributed by atoms with Gasteiger partial charge in [-0.15, -0.1) is 6.58 Å². The largest absolute Gasteiger partial charge is 0.393 e. The van der Waals surface area contributed by atoms with Crippen LogP contribution in [0.1, 0.15) is 59.8 Å².